The minimum Gasteiger partial charge on any atom is -0.511 e. The highest BCUT2D eigenvalue weighted by atomic mass is 16.3. The maximum Gasteiger partial charge on any atom is 0.279 e. The Bertz CT molecular complexity index is 269. The Balaban J connectivity index is 2.60. The van der Waals surface area contributed by atoms with Crippen LogP contribution in [0.1, 0.15) is 6.92 Å². The quantitative estimate of drug-likeness (QED) is 0.256. The molecule has 0 saturated carbocycles. The lowest BCUT2D eigenvalue weighted by molar-refractivity contribution is -0.119. The summed E-state index contributed by atoms with van der Waals surface area (Å²) in [5.41, 5.74) is 2.21. The Labute approximate surface area is 69.9 Å². The smallest absolute Gasteiger partial charge is 0.279 e. The number of nitrogens with one attached hydrogen (secondary N) is 1. The van der Waals surface area contributed by atoms with E-state index < -0.39 is 5.91 Å². The number of amides is 1. The lowest BCUT2D eigenvalue weighted by Crippen LogP contribution is -2.30. The van der Waals surface area contributed by atoms with Gasteiger partial charge in [0.05, 0.1) is 0 Å². The van der Waals surface area contributed by atoms with Crippen molar-refractivity contribution in [3.05, 3.63) is 11.3 Å². The molecule has 2 N–H and O–H groups in total. The lowest BCUT2D eigenvalue weighted by Gasteiger charge is -2.02. The number of hydrazine groups is 1. The fourth-order valence-electron chi connectivity index (χ4n) is 0.657. The van der Waals surface area contributed by atoms with Crippen LogP contribution in [0.25, 0.3) is 0 Å². The summed E-state index contributed by atoms with van der Waals surface area (Å²) in [5, 5.41) is 19.0. The van der Waals surface area contributed by atoms with Gasteiger partial charge in [0.1, 0.15) is 11.8 Å². The van der Waals surface area contributed by atoms with Crippen molar-refractivity contribution in [2.45, 2.75) is 6.92 Å². The van der Waals surface area contributed by atoms with Gasteiger partial charge in [0, 0.05) is 13.1 Å². The highest BCUT2D eigenvalue weighted by molar-refractivity contribution is 5.97. The summed E-state index contributed by atoms with van der Waals surface area (Å²) in [6.45, 7) is 2.91. The molecule has 1 rings (SSSR count). The van der Waals surface area contributed by atoms with Crippen molar-refractivity contribution in [3.8, 4) is 6.07 Å². The fourth-order valence-corrected chi connectivity index (χ4v) is 0.657. The second kappa shape index (κ2) is 3.24. The molecule has 1 fully saturated rings. The molecule has 12 heavy (non-hydrogen) atoms. The Hall–Kier alpha value is -1.54. The zero-order valence-corrected chi connectivity index (χ0v) is 6.66. The number of aliphatic hydroxyl groups excluding tert-OH is 1. The highest BCUT2D eigenvalue weighted by Gasteiger charge is 2.22. The van der Waals surface area contributed by atoms with Crippen molar-refractivity contribution >= 4 is 5.91 Å². The van der Waals surface area contributed by atoms with Crippen molar-refractivity contribution in [2.75, 3.05) is 13.1 Å². The van der Waals surface area contributed by atoms with E-state index >= 15 is 0 Å². The normalized spacial score (nSPS) is 17.7. The van der Waals surface area contributed by atoms with Gasteiger partial charge in [-0.15, -0.1) is 0 Å². The Morgan fingerprint density at radius 3 is 2.58 bits per heavy atom. The van der Waals surface area contributed by atoms with E-state index in [9.17, 15) is 4.79 Å². The molecular formula is C7H9N3O2. The predicted octanol–water partition coefficient (Wildman–Crippen LogP) is -0.311. The number of hydrogen-bond acceptors (Lipinski definition) is 4. The average Bonchev–Trinajstić information content (AvgIpc) is 2.71. The number of allylic oxidation sites excluding steroid dienone is 1. The standard InChI is InChI=1S/C7H9N3O2/c1-5(11)6(4-8)7(12)9-10-2-3-10/h11H,2-3H2,1H3,(H,9,12). The molecular weight excluding hydrogens is 158 g/mol. The van der Waals surface area contributed by atoms with Crippen molar-refractivity contribution < 1.29 is 9.90 Å². The summed E-state index contributed by atoms with van der Waals surface area (Å²) in [4.78, 5) is 11.1. The lowest BCUT2D eigenvalue weighted by atomic mass is 10.2. The van der Waals surface area contributed by atoms with Crippen molar-refractivity contribution in [1.82, 2.24) is 10.4 Å². The number of carbonyl (C=O) groups is 1. The number of hydrogen-bond donors (Lipinski definition) is 2. The molecule has 0 spiro atoms. The van der Waals surface area contributed by atoms with Crippen molar-refractivity contribution in [3.63, 3.8) is 0 Å². The summed E-state index contributed by atoms with van der Waals surface area (Å²) in [6.07, 6.45) is 0. The van der Waals surface area contributed by atoms with E-state index in [2.05, 4.69) is 5.43 Å². The number of nitrogens with zero attached hydrogens (tertiary/aromatic N) is 2. The molecule has 1 saturated heterocycles. The zero-order valence-electron chi connectivity index (χ0n) is 6.66. The first kappa shape index (κ1) is 8.56. The zero-order chi connectivity index (χ0) is 9.14. The SMILES string of the molecule is CC(O)=C(C#N)C(=O)NN1CC1. The fraction of sp³-hybridized carbons (Fsp3) is 0.429. The van der Waals surface area contributed by atoms with E-state index in [4.69, 9.17) is 10.4 Å². The van der Waals surface area contributed by atoms with Gasteiger partial charge in [0.25, 0.3) is 5.91 Å². The number of rotatable bonds is 2. The van der Waals surface area contributed by atoms with Crippen molar-refractivity contribution in [2.24, 2.45) is 0 Å². The Morgan fingerprint density at radius 1 is 1.67 bits per heavy atom. The monoisotopic (exact) mass is 167 g/mol. The van der Waals surface area contributed by atoms with Gasteiger partial charge in [-0.1, -0.05) is 0 Å². The third kappa shape index (κ3) is 1.97. The summed E-state index contributed by atoms with van der Waals surface area (Å²) in [5.74, 6) is -0.799. The molecule has 0 aromatic carbocycles. The van der Waals surface area contributed by atoms with Crippen LogP contribution >= 0.6 is 0 Å². The minimum absolute atomic E-state index is 0.234. The first-order valence-corrected chi connectivity index (χ1v) is 3.51. The largest absolute Gasteiger partial charge is 0.511 e. The van der Waals surface area contributed by atoms with Crippen LogP contribution in [0.2, 0.25) is 0 Å². The molecule has 5 heteroatoms. The summed E-state index contributed by atoms with van der Waals surface area (Å²) in [6, 6.07) is 1.63. The summed E-state index contributed by atoms with van der Waals surface area (Å²) < 4.78 is 0. The molecule has 1 aliphatic rings. The third-order valence-electron chi connectivity index (χ3n) is 1.41. The van der Waals surface area contributed by atoms with Crippen LogP contribution in [0.5, 0.6) is 0 Å². The number of nitriles is 1. The van der Waals surface area contributed by atoms with Crippen LogP contribution in [-0.4, -0.2) is 29.1 Å². The summed E-state index contributed by atoms with van der Waals surface area (Å²) >= 11 is 0. The maximum absolute atomic E-state index is 11.1. The number of aliphatic hydroxyl groups is 1. The van der Waals surface area contributed by atoms with E-state index in [1.54, 1.807) is 11.1 Å². The van der Waals surface area contributed by atoms with Gasteiger partial charge in [0.2, 0.25) is 0 Å². The van der Waals surface area contributed by atoms with E-state index in [0.29, 0.717) is 0 Å². The first-order valence-electron chi connectivity index (χ1n) is 3.51. The predicted molar refractivity (Wildman–Crippen MR) is 40.7 cm³/mol. The Morgan fingerprint density at radius 2 is 2.25 bits per heavy atom. The molecule has 1 heterocycles. The minimum atomic E-state index is -0.546. The van der Waals surface area contributed by atoms with E-state index in [1.165, 1.54) is 6.92 Å². The molecule has 0 bridgehead atoms. The maximum atomic E-state index is 11.1. The van der Waals surface area contributed by atoms with E-state index in [-0.39, 0.29) is 11.3 Å². The molecule has 1 aliphatic heterocycles. The molecule has 64 valence electrons. The van der Waals surface area contributed by atoms with Gasteiger partial charge in [-0.3, -0.25) is 10.2 Å². The van der Waals surface area contributed by atoms with Crippen LogP contribution in [-0.2, 0) is 4.79 Å². The van der Waals surface area contributed by atoms with Crippen LogP contribution < -0.4 is 5.43 Å². The first-order chi connectivity index (χ1) is 5.65. The van der Waals surface area contributed by atoms with E-state index in [1.807, 2.05) is 0 Å². The molecule has 0 unspecified atom stereocenters. The molecule has 0 atom stereocenters. The van der Waals surface area contributed by atoms with Crippen LogP contribution in [0, 0.1) is 11.3 Å². The van der Waals surface area contributed by atoms with Crippen LogP contribution in [0.3, 0.4) is 0 Å². The number of carbonyl (C=O) groups excluding carboxylic acids is 1. The average molecular weight is 167 g/mol. The van der Waals surface area contributed by atoms with Gasteiger partial charge in [-0.2, -0.15) is 5.26 Å². The van der Waals surface area contributed by atoms with Crippen LogP contribution in [0.15, 0.2) is 11.3 Å². The van der Waals surface area contributed by atoms with Gasteiger partial charge in [-0.25, -0.2) is 5.01 Å². The van der Waals surface area contributed by atoms with Gasteiger partial charge in [0.15, 0.2) is 5.57 Å². The second-order valence-corrected chi connectivity index (χ2v) is 2.50. The molecule has 0 aliphatic carbocycles. The molecule has 0 aromatic rings. The molecule has 0 aromatic heterocycles. The Kier molecular flexibility index (Phi) is 2.31. The van der Waals surface area contributed by atoms with Gasteiger partial charge >= 0.3 is 0 Å². The summed E-state index contributed by atoms with van der Waals surface area (Å²) in [7, 11) is 0. The van der Waals surface area contributed by atoms with Crippen molar-refractivity contribution in [1.29, 1.82) is 5.26 Å². The third-order valence-corrected chi connectivity index (χ3v) is 1.41. The van der Waals surface area contributed by atoms with Gasteiger partial charge < -0.3 is 5.11 Å². The second-order valence-electron chi connectivity index (χ2n) is 2.50. The van der Waals surface area contributed by atoms with Gasteiger partial charge in [-0.05, 0) is 6.92 Å². The molecule has 0 radical (unpaired) electrons. The molecule has 5 nitrogen and oxygen atoms in total. The highest BCUT2D eigenvalue weighted by Crippen LogP contribution is 2.03. The van der Waals surface area contributed by atoms with E-state index in [0.717, 1.165) is 13.1 Å². The topological polar surface area (TPSA) is 76.1 Å². The molecule has 1 amide bonds. The van der Waals surface area contributed by atoms with Crippen LogP contribution in [0.4, 0.5) is 0 Å².